The summed E-state index contributed by atoms with van der Waals surface area (Å²) in [6.45, 7) is 0. The van der Waals surface area contributed by atoms with E-state index in [0.29, 0.717) is 5.92 Å². The Labute approximate surface area is 110 Å². The van der Waals surface area contributed by atoms with E-state index in [9.17, 15) is 13.6 Å². The van der Waals surface area contributed by atoms with E-state index in [4.69, 9.17) is 5.73 Å². The standard InChI is InChI=1S/C14H16F2N2O/c15-9-3-4-10(16)11(6-9)18-14(19)12-7-1-2-8(5-7)13(12)17/h3-4,6-8,12-13H,1-2,5,17H2,(H,18,19). The van der Waals surface area contributed by atoms with Crippen molar-refractivity contribution in [2.24, 2.45) is 23.5 Å². The molecule has 2 aliphatic carbocycles. The van der Waals surface area contributed by atoms with Crippen LogP contribution >= 0.6 is 0 Å². The summed E-state index contributed by atoms with van der Waals surface area (Å²) in [6.07, 6.45) is 3.05. The summed E-state index contributed by atoms with van der Waals surface area (Å²) in [6, 6.07) is 2.86. The van der Waals surface area contributed by atoms with E-state index in [1.807, 2.05) is 0 Å². The third kappa shape index (κ3) is 2.12. The van der Waals surface area contributed by atoms with Gasteiger partial charge in [0.15, 0.2) is 0 Å². The average molecular weight is 266 g/mol. The highest BCUT2D eigenvalue weighted by Gasteiger charge is 2.49. The molecule has 0 saturated heterocycles. The number of nitrogens with one attached hydrogen (secondary N) is 1. The molecule has 0 heterocycles. The summed E-state index contributed by atoms with van der Waals surface area (Å²) in [5, 5.41) is 2.47. The smallest absolute Gasteiger partial charge is 0.229 e. The molecule has 102 valence electrons. The second kappa shape index (κ2) is 4.56. The lowest BCUT2D eigenvalue weighted by Crippen LogP contribution is -2.42. The van der Waals surface area contributed by atoms with Crippen molar-refractivity contribution in [3.63, 3.8) is 0 Å². The molecule has 0 aliphatic heterocycles. The molecule has 0 radical (unpaired) electrons. The van der Waals surface area contributed by atoms with Gasteiger partial charge in [0.25, 0.3) is 0 Å². The highest BCUT2D eigenvalue weighted by Crippen LogP contribution is 2.47. The lowest BCUT2D eigenvalue weighted by atomic mass is 9.84. The van der Waals surface area contributed by atoms with E-state index < -0.39 is 11.6 Å². The zero-order valence-electron chi connectivity index (χ0n) is 10.4. The van der Waals surface area contributed by atoms with Crippen LogP contribution in [0.3, 0.4) is 0 Å². The van der Waals surface area contributed by atoms with Crippen molar-refractivity contribution in [1.82, 2.24) is 0 Å². The summed E-state index contributed by atoms with van der Waals surface area (Å²) in [4.78, 5) is 12.2. The van der Waals surface area contributed by atoms with E-state index in [-0.39, 0.29) is 29.5 Å². The van der Waals surface area contributed by atoms with Crippen LogP contribution in [0.5, 0.6) is 0 Å². The summed E-state index contributed by atoms with van der Waals surface area (Å²) in [5.74, 6) is -1.08. The van der Waals surface area contributed by atoms with Crippen molar-refractivity contribution in [1.29, 1.82) is 0 Å². The zero-order valence-corrected chi connectivity index (χ0v) is 10.4. The molecule has 3 N–H and O–H groups in total. The Hall–Kier alpha value is -1.49. The number of carbonyl (C=O) groups is 1. The van der Waals surface area contributed by atoms with Crippen molar-refractivity contribution >= 4 is 11.6 Å². The number of hydrogen-bond donors (Lipinski definition) is 2. The second-order valence-electron chi connectivity index (χ2n) is 5.55. The van der Waals surface area contributed by atoms with Gasteiger partial charge in [0, 0.05) is 12.1 Å². The van der Waals surface area contributed by atoms with Crippen LogP contribution in [0.25, 0.3) is 0 Å². The minimum atomic E-state index is -0.633. The number of nitrogens with two attached hydrogens (primary N) is 1. The minimum absolute atomic E-state index is 0.111. The maximum absolute atomic E-state index is 13.5. The predicted octanol–water partition coefficient (Wildman–Crippen LogP) is 2.28. The molecule has 3 rings (SSSR count). The Morgan fingerprint density at radius 3 is 2.68 bits per heavy atom. The molecule has 0 spiro atoms. The van der Waals surface area contributed by atoms with Crippen LogP contribution in [0.1, 0.15) is 19.3 Å². The maximum atomic E-state index is 13.5. The summed E-state index contributed by atoms with van der Waals surface area (Å²) in [5.41, 5.74) is 5.95. The normalized spacial score (nSPS) is 32.6. The number of benzene rings is 1. The molecule has 1 amide bonds. The summed E-state index contributed by atoms with van der Waals surface area (Å²) >= 11 is 0. The van der Waals surface area contributed by atoms with E-state index in [1.165, 1.54) is 0 Å². The van der Waals surface area contributed by atoms with Crippen LogP contribution in [0.2, 0.25) is 0 Å². The highest BCUT2D eigenvalue weighted by atomic mass is 19.1. The van der Waals surface area contributed by atoms with Crippen molar-refractivity contribution in [2.45, 2.75) is 25.3 Å². The van der Waals surface area contributed by atoms with Crippen molar-refractivity contribution in [3.05, 3.63) is 29.8 Å². The molecule has 2 aliphatic rings. The monoisotopic (exact) mass is 266 g/mol. The van der Waals surface area contributed by atoms with E-state index >= 15 is 0 Å². The van der Waals surface area contributed by atoms with Gasteiger partial charge in [-0.05, 0) is 43.2 Å². The second-order valence-corrected chi connectivity index (χ2v) is 5.55. The predicted molar refractivity (Wildman–Crippen MR) is 67.3 cm³/mol. The molecule has 2 bridgehead atoms. The fraction of sp³-hybridized carbons (Fsp3) is 0.500. The first-order valence-electron chi connectivity index (χ1n) is 6.58. The van der Waals surface area contributed by atoms with Gasteiger partial charge in [-0.25, -0.2) is 8.78 Å². The van der Waals surface area contributed by atoms with Crippen LogP contribution in [-0.2, 0) is 4.79 Å². The Bertz CT molecular complexity index is 518. The first-order chi connectivity index (χ1) is 9.06. The first-order valence-corrected chi connectivity index (χ1v) is 6.58. The molecular weight excluding hydrogens is 250 g/mol. The molecule has 4 unspecified atom stereocenters. The van der Waals surface area contributed by atoms with Crippen molar-refractivity contribution in [3.8, 4) is 0 Å². The number of hydrogen-bond acceptors (Lipinski definition) is 2. The minimum Gasteiger partial charge on any atom is -0.327 e. The molecule has 4 atom stereocenters. The van der Waals surface area contributed by atoms with Gasteiger partial charge in [-0.2, -0.15) is 0 Å². The number of anilines is 1. The Morgan fingerprint density at radius 2 is 2.00 bits per heavy atom. The average Bonchev–Trinajstić information content (AvgIpc) is 2.94. The van der Waals surface area contributed by atoms with Crippen LogP contribution in [0.4, 0.5) is 14.5 Å². The largest absolute Gasteiger partial charge is 0.327 e. The fourth-order valence-electron chi connectivity index (χ4n) is 3.53. The van der Waals surface area contributed by atoms with Crippen LogP contribution in [0.15, 0.2) is 18.2 Å². The van der Waals surface area contributed by atoms with Gasteiger partial charge in [0.2, 0.25) is 5.91 Å². The zero-order chi connectivity index (χ0) is 13.6. The molecule has 5 heteroatoms. The molecule has 1 aromatic carbocycles. The lowest BCUT2D eigenvalue weighted by Gasteiger charge is -2.27. The highest BCUT2D eigenvalue weighted by molar-refractivity contribution is 5.93. The molecule has 19 heavy (non-hydrogen) atoms. The van der Waals surface area contributed by atoms with Gasteiger partial charge < -0.3 is 11.1 Å². The number of halogens is 2. The Kier molecular flexibility index (Phi) is 3.01. The first kappa shape index (κ1) is 12.5. The lowest BCUT2D eigenvalue weighted by molar-refractivity contribution is -0.121. The number of fused-ring (bicyclic) bond motifs is 2. The van der Waals surface area contributed by atoms with Gasteiger partial charge in [-0.15, -0.1) is 0 Å². The Balaban J connectivity index is 1.77. The fourth-order valence-corrected chi connectivity index (χ4v) is 3.53. The van der Waals surface area contributed by atoms with Crippen LogP contribution in [-0.4, -0.2) is 11.9 Å². The van der Waals surface area contributed by atoms with Crippen molar-refractivity contribution < 1.29 is 13.6 Å². The topological polar surface area (TPSA) is 55.1 Å². The van der Waals surface area contributed by atoms with Gasteiger partial charge in [0.1, 0.15) is 11.6 Å². The molecule has 1 aromatic rings. The van der Waals surface area contributed by atoms with E-state index in [2.05, 4.69) is 5.32 Å². The number of amides is 1. The maximum Gasteiger partial charge on any atom is 0.229 e. The van der Waals surface area contributed by atoms with Gasteiger partial charge in [-0.1, -0.05) is 0 Å². The van der Waals surface area contributed by atoms with Gasteiger partial charge in [-0.3, -0.25) is 4.79 Å². The quantitative estimate of drug-likeness (QED) is 0.862. The van der Waals surface area contributed by atoms with Gasteiger partial charge >= 0.3 is 0 Å². The van der Waals surface area contributed by atoms with Crippen LogP contribution in [0, 0.1) is 29.4 Å². The third-order valence-electron chi connectivity index (χ3n) is 4.47. The van der Waals surface area contributed by atoms with Crippen molar-refractivity contribution in [2.75, 3.05) is 5.32 Å². The summed E-state index contributed by atoms with van der Waals surface area (Å²) < 4.78 is 26.5. The molecule has 0 aromatic heterocycles. The molecule has 3 nitrogen and oxygen atoms in total. The number of rotatable bonds is 2. The third-order valence-corrected chi connectivity index (χ3v) is 4.47. The van der Waals surface area contributed by atoms with Crippen LogP contribution < -0.4 is 11.1 Å². The SMILES string of the molecule is NC1C2CCC(C2)C1C(=O)Nc1cc(F)ccc1F. The molecule has 2 saturated carbocycles. The Morgan fingerprint density at radius 1 is 1.26 bits per heavy atom. The number of carbonyl (C=O) groups excluding carboxylic acids is 1. The van der Waals surface area contributed by atoms with Gasteiger partial charge in [0.05, 0.1) is 11.6 Å². The van der Waals surface area contributed by atoms with E-state index in [0.717, 1.165) is 37.5 Å². The molecular formula is C14H16F2N2O. The summed E-state index contributed by atoms with van der Waals surface area (Å²) in [7, 11) is 0. The van der Waals surface area contributed by atoms with E-state index in [1.54, 1.807) is 0 Å². The molecule has 2 fully saturated rings.